The average molecular weight is 1030 g/mol. The summed E-state index contributed by atoms with van der Waals surface area (Å²) >= 11 is 0. The van der Waals surface area contributed by atoms with Crippen LogP contribution in [0.1, 0.15) is 49.9 Å². The quantitative estimate of drug-likeness (QED) is 0.130. The summed E-state index contributed by atoms with van der Waals surface area (Å²) in [7, 11) is 0. The normalized spacial score (nSPS) is 14.4. The van der Waals surface area contributed by atoms with Gasteiger partial charge in [0, 0.05) is 54.5 Å². The average Bonchev–Trinajstić information content (AvgIpc) is 4.16. The molecule has 0 bridgehead atoms. The van der Waals surface area contributed by atoms with E-state index in [-0.39, 0.29) is 10.8 Å². The van der Waals surface area contributed by atoms with E-state index in [1.807, 2.05) is 0 Å². The molecule has 15 aromatic rings. The first-order chi connectivity index (χ1) is 39.2. The standard InChI is InChI=1S/C74H52N6/c1-73(2)55-25-9-17-33-63(55)77(64-34-18-10-26-56(64)73)45-37-39-51-53(43-45)54-44-46(78-65-35-19-11-27-57(65)74(3,4)58-28-12-20-36-66(58)78)38-40-52(54)70-69(51)75-71-67(79-59-29-13-5-21-47(59)48-22-6-14-30-60(48)79)41-42-68(72(71)76-70)80-61-31-15-7-23-49(61)50-24-8-16-32-62(50)80/h5-44H,1-4H3. The lowest BCUT2D eigenvalue weighted by Crippen LogP contribution is -2.30. The molecule has 17 rings (SSSR count). The summed E-state index contributed by atoms with van der Waals surface area (Å²) in [5, 5.41) is 9.08. The number of fused-ring (bicyclic) bond motifs is 17. The topological polar surface area (TPSA) is 42.1 Å². The zero-order valence-electron chi connectivity index (χ0n) is 44.8. The van der Waals surface area contributed by atoms with E-state index >= 15 is 0 Å². The molecular weight excluding hydrogens is 973 g/mol. The van der Waals surface area contributed by atoms with Crippen molar-refractivity contribution in [2.75, 3.05) is 9.80 Å². The lowest BCUT2D eigenvalue weighted by atomic mass is 9.73. The van der Waals surface area contributed by atoms with Gasteiger partial charge < -0.3 is 18.9 Å². The van der Waals surface area contributed by atoms with Crippen LogP contribution in [0.5, 0.6) is 0 Å². The van der Waals surface area contributed by atoms with E-state index in [9.17, 15) is 0 Å². The minimum Gasteiger partial charge on any atom is -0.310 e. The van der Waals surface area contributed by atoms with Crippen LogP contribution >= 0.6 is 0 Å². The van der Waals surface area contributed by atoms with Crippen LogP contribution in [0.25, 0.3) is 98.6 Å². The van der Waals surface area contributed by atoms with E-state index in [2.05, 4.69) is 289 Å². The van der Waals surface area contributed by atoms with Crippen molar-refractivity contribution >= 4 is 121 Å². The second-order valence-electron chi connectivity index (χ2n) is 22.9. The van der Waals surface area contributed by atoms with Gasteiger partial charge in [0.25, 0.3) is 0 Å². The van der Waals surface area contributed by atoms with Crippen LogP contribution in [0.4, 0.5) is 34.1 Å². The SMILES string of the molecule is CC1(C)c2ccccc2N(c2ccc3c(c2)c2cc(N4c5ccccc5C(C)(C)c5ccccc54)ccc2c2nc4c(-n5c6ccccc6c6ccccc65)ccc(-n5c6ccccc6c6ccccc65)c4nc32)c2ccccc21. The van der Waals surface area contributed by atoms with Gasteiger partial charge in [-0.2, -0.15) is 0 Å². The van der Waals surface area contributed by atoms with Crippen molar-refractivity contribution in [3.8, 4) is 11.4 Å². The molecular formula is C74H52N6. The third kappa shape index (κ3) is 6.02. The summed E-state index contributed by atoms with van der Waals surface area (Å²) in [6.07, 6.45) is 0. The van der Waals surface area contributed by atoms with Crippen LogP contribution in [-0.4, -0.2) is 19.1 Å². The first kappa shape index (κ1) is 45.0. The Morgan fingerprint density at radius 2 is 0.537 bits per heavy atom. The van der Waals surface area contributed by atoms with Gasteiger partial charge in [0.15, 0.2) is 0 Å². The van der Waals surface area contributed by atoms with Crippen molar-refractivity contribution in [1.82, 2.24) is 19.1 Å². The fourth-order valence-corrected chi connectivity index (χ4v) is 14.3. The Morgan fingerprint density at radius 1 is 0.250 bits per heavy atom. The van der Waals surface area contributed by atoms with Crippen molar-refractivity contribution in [2.45, 2.75) is 38.5 Å². The zero-order valence-corrected chi connectivity index (χ0v) is 44.8. The molecule has 6 heteroatoms. The Labute approximate surface area is 462 Å². The molecule has 12 aromatic carbocycles. The highest BCUT2D eigenvalue weighted by Crippen LogP contribution is 2.55. The Bertz CT molecular complexity index is 4640. The van der Waals surface area contributed by atoms with Crippen molar-refractivity contribution in [3.05, 3.63) is 265 Å². The highest BCUT2D eigenvalue weighted by atomic mass is 15.2. The maximum absolute atomic E-state index is 6.06. The molecule has 3 aromatic heterocycles. The van der Waals surface area contributed by atoms with Gasteiger partial charge in [0.05, 0.1) is 67.2 Å². The molecule has 6 nitrogen and oxygen atoms in total. The summed E-state index contributed by atoms with van der Waals surface area (Å²) in [5.74, 6) is 0. The molecule has 0 atom stereocenters. The number of aromatic nitrogens is 4. The number of nitrogens with zero attached hydrogens (tertiary/aromatic N) is 6. The molecule has 0 aliphatic carbocycles. The van der Waals surface area contributed by atoms with E-state index in [1.54, 1.807) is 0 Å². The van der Waals surface area contributed by atoms with E-state index in [1.165, 1.54) is 66.5 Å². The zero-order chi connectivity index (χ0) is 53.2. The first-order valence-corrected chi connectivity index (χ1v) is 27.8. The van der Waals surface area contributed by atoms with Crippen LogP contribution in [0.3, 0.4) is 0 Å². The van der Waals surface area contributed by atoms with Gasteiger partial charge in [-0.15, -0.1) is 0 Å². The van der Waals surface area contributed by atoms with Crippen molar-refractivity contribution in [1.29, 1.82) is 0 Å². The first-order valence-electron chi connectivity index (χ1n) is 27.8. The molecule has 378 valence electrons. The van der Waals surface area contributed by atoms with E-state index in [0.717, 1.165) is 88.4 Å². The molecule has 0 N–H and O–H groups in total. The predicted octanol–water partition coefficient (Wildman–Crippen LogP) is 19.5. The van der Waals surface area contributed by atoms with Gasteiger partial charge in [-0.05, 0) is 118 Å². The van der Waals surface area contributed by atoms with E-state index < -0.39 is 0 Å². The fraction of sp³-hybridized carbons (Fsp3) is 0.0811. The minimum atomic E-state index is -0.198. The Balaban J connectivity index is 1.02. The molecule has 0 fully saturated rings. The second-order valence-corrected chi connectivity index (χ2v) is 22.9. The van der Waals surface area contributed by atoms with Crippen molar-refractivity contribution < 1.29 is 0 Å². The maximum atomic E-state index is 6.06. The van der Waals surface area contributed by atoms with Crippen LogP contribution in [-0.2, 0) is 10.8 Å². The van der Waals surface area contributed by atoms with Crippen LogP contribution < -0.4 is 9.80 Å². The molecule has 5 heterocycles. The number of hydrogen-bond acceptors (Lipinski definition) is 4. The van der Waals surface area contributed by atoms with Gasteiger partial charge in [0.1, 0.15) is 11.0 Å². The maximum Gasteiger partial charge on any atom is 0.116 e. The molecule has 0 unspecified atom stereocenters. The summed E-state index contributed by atoms with van der Waals surface area (Å²) in [6, 6.07) is 89.3. The van der Waals surface area contributed by atoms with Crippen molar-refractivity contribution in [3.63, 3.8) is 0 Å². The van der Waals surface area contributed by atoms with Crippen LogP contribution in [0.15, 0.2) is 243 Å². The molecule has 2 aliphatic heterocycles. The minimum absolute atomic E-state index is 0.198. The Morgan fingerprint density at radius 3 is 0.863 bits per heavy atom. The monoisotopic (exact) mass is 1020 g/mol. The summed E-state index contributed by atoms with van der Waals surface area (Å²) in [6.45, 7) is 9.41. The van der Waals surface area contributed by atoms with Crippen LogP contribution in [0.2, 0.25) is 0 Å². The van der Waals surface area contributed by atoms with Gasteiger partial charge >= 0.3 is 0 Å². The summed E-state index contributed by atoms with van der Waals surface area (Å²) in [5.41, 5.74) is 21.5. The second kappa shape index (κ2) is 16.3. The summed E-state index contributed by atoms with van der Waals surface area (Å²) < 4.78 is 4.80. The van der Waals surface area contributed by atoms with Gasteiger partial charge in [-0.1, -0.05) is 185 Å². The third-order valence-corrected chi connectivity index (χ3v) is 18.0. The van der Waals surface area contributed by atoms with Crippen molar-refractivity contribution in [2.24, 2.45) is 0 Å². The number of para-hydroxylation sites is 8. The fourth-order valence-electron chi connectivity index (χ4n) is 14.3. The number of benzene rings is 12. The highest BCUT2D eigenvalue weighted by molar-refractivity contribution is 6.26. The third-order valence-electron chi connectivity index (χ3n) is 18.0. The highest BCUT2D eigenvalue weighted by Gasteiger charge is 2.38. The molecule has 0 saturated heterocycles. The largest absolute Gasteiger partial charge is 0.310 e. The van der Waals surface area contributed by atoms with Gasteiger partial charge in [-0.25, -0.2) is 9.97 Å². The van der Waals surface area contributed by atoms with E-state index in [4.69, 9.17) is 9.97 Å². The van der Waals surface area contributed by atoms with Gasteiger partial charge in [-0.3, -0.25) is 0 Å². The van der Waals surface area contributed by atoms with Crippen LogP contribution in [0, 0.1) is 0 Å². The molecule has 2 aliphatic rings. The molecule has 80 heavy (non-hydrogen) atoms. The molecule has 0 radical (unpaired) electrons. The number of hydrogen-bond donors (Lipinski definition) is 0. The number of rotatable bonds is 4. The Hall–Kier alpha value is -10.0. The Kier molecular flexibility index (Phi) is 9.15. The lowest BCUT2D eigenvalue weighted by Gasteiger charge is -2.42. The van der Waals surface area contributed by atoms with E-state index in [0.29, 0.717) is 0 Å². The smallest absolute Gasteiger partial charge is 0.116 e. The number of anilines is 6. The van der Waals surface area contributed by atoms with Gasteiger partial charge in [0.2, 0.25) is 0 Å². The molecule has 0 saturated carbocycles. The predicted molar refractivity (Wildman–Crippen MR) is 334 cm³/mol. The molecule has 0 amide bonds. The summed E-state index contributed by atoms with van der Waals surface area (Å²) in [4.78, 5) is 17.1. The molecule has 0 spiro atoms. The lowest BCUT2D eigenvalue weighted by molar-refractivity contribution is 0.632.